The highest BCUT2D eigenvalue weighted by Gasteiger charge is 2.08. The van der Waals surface area contributed by atoms with Crippen LogP contribution in [-0.2, 0) is 6.04 Å². The zero-order valence-corrected chi connectivity index (χ0v) is 11.3. The van der Waals surface area contributed by atoms with Crippen molar-refractivity contribution in [1.82, 2.24) is 0 Å². The number of hydrogen-bond acceptors (Lipinski definition) is 0. The summed E-state index contributed by atoms with van der Waals surface area (Å²) < 4.78 is 0. The third-order valence-electron chi connectivity index (χ3n) is 2.25. The van der Waals surface area contributed by atoms with Crippen LogP contribution in [0.15, 0.2) is 6.07 Å². The topological polar surface area (TPSA) is 0 Å². The van der Waals surface area contributed by atoms with Gasteiger partial charge in [-0.3, -0.25) is 0 Å². The predicted octanol–water partition coefficient (Wildman–Crippen LogP) is 3.43. The van der Waals surface area contributed by atoms with Crippen LogP contribution in [0.1, 0.15) is 16.7 Å². The van der Waals surface area contributed by atoms with Crippen LogP contribution in [0.2, 0.25) is 10.0 Å². The van der Waals surface area contributed by atoms with Gasteiger partial charge in [0.25, 0.3) is 0 Å². The fraction of sp³-hybridized carbons (Fsp3) is 0.333. The summed E-state index contributed by atoms with van der Waals surface area (Å²) in [6, 6.07) is 2.91. The minimum atomic E-state index is -0.479. The molecule has 0 amide bonds. The van der Waals surface area contributed by atoms with E-state index in [2.05, 4.69) is 6.92 Å². The lowest BCUT2D eigenvalue weighted by atomic mass is 10.0. The Kier molecular flexibility index (Phi) is 4.11. The zero-order valence-electron chi connectivity index (χ0n) is 7.63. The van der Waals surface area contributed by atoms with Crippen molar-refractivity contribution in [3.05, 3.63) is 32.8 Å². The Balaban J connectivity index is 3.24. The van der Waals surface area contributed by atoms with Crippen molar-refractivity contribution in [2.75, 3.05) is 0 Å². The van der Waals surface area contributed by atoms with E-state index in [4.69, 9.17) is 34.3 Å². The Morgan fingerprint density at radius 3 is 2.38 bits per heavy atom. The second-order valence-corrected chi connectivity index (χ2v) is 5.82. The Morgan fingerprint density at radius 2 is 1.85 bits per heavy atom. The first-order chi connectivity index (χ1) is 6.07. The Labute approximate surface area is 95.7 Å². The predicted molar refractivity (Wildman–Crippen MR) is 64.0 cm³/mol. The third kappa shape index (κ3) is 2.41. The molecule has 0 saturated heterocycles. The van der Waals surface area contributed by atoms with E-state index in [1.54, 1.807) is 0 Å². The molecule has 4 heteroatoms. The van der Waals surface area contributed by atoms with Gasteiger partial charge in [-0.05, 0) is 42.6 Å². The van der Waals surface area contributed by atoms with Crippen LogP contribution in [0, 0.1) is 13.8 Å². The average molecular weight is 254 g/mol. The van der Waals surface area contributed by atoms with E-state index in [0.717, 1.165) is 11.6 Å². The molecule has 0 aliphatic carbocycles. The highest BCUT2D eigenvalue weighted by molar-refractivity contribution is 6.93. The maximum atomic E-state index is 6.00. The molecule has 0 aliphatic heterocycles. The second-order valence-electron chi connectivity index (χ2n) is 3.02. The second kappa shape index (κ2) is 4.69. The molecule has 72 valence electrons. The summed E-state index contributed by atoms with van der Waals surface area (Å²) in [6.45, 7) is 4.05. The average Bonchev–Trinajstić information content (AvgIpc) is 2.11. The van der Waals surface area contributed by atoms with Gasteiger partial charge in [-0.2, -0.15) is 11.1 Å². The smallest absolute Gasteiger partial charge is 0.129 e. The van der Waals surface area contributed by atoms with Crippen molar-refractivity contribution in [2.45, 2.75) is 19.9 Å². The quantitative estimate of drug-likeness (QED) is 0.560. The van der Waals surface area contributed by atoms with Crippen molar-refractivity contribution in [3.8, 4) is 0 Å². The molecule has 13 heavy (non-hydrogen) atoms. The Hall–Kier alpha value is 0.307. The van der Waals surface area contributed by atoms with E-state index >= 15 is 0 Å². The number of hydrogen-bond donors (Lipinski definition) is 0. The van der Waals surface area contributed by atoms with E-state index < -0.39 is 8.83 Å². The fourth-order valence-corrected chi connectivity index (χ4v) is 3.07. The van der Waals surface area contributed by atoms with Gasteiger partial charge >= 0.3 is 0 Å². The molecule has 0 unspecified atom stereocenters. The van der Waals surface area contributed by atoms with Gasteiger partial charge in [-0.1, -0.05) is 23.2 Å². The van der Waals surface area contributed by atoms with Gasteiger partial charge in [0.2, 0.25) is 0 Å². The van der Waals surface area contributed by atoms with Crippen LogP contribution in [0.3, 0.4) is 0 Å². The first kappa shape index (κ1) is 11.4. The van der Waals surface area contributed by atoms with Gasteiger partial charge < -0.3 is 0 Å². The van der Waals surface area contributed by atoms with Gasteiger partial charge in [0.05, 0.1) is 10.0 Å². The summed E-state index contributed by atoms with van der Waals surface area (Å²) in [4.78, 5) is 0. The third-order valence-corrected chi connectivity index (χ3v) is 4.42. The maximum absolute atomic E-state index is 6.00. The molecule has 0 atom stereocenters. The molecule has 0 radical (unpaired) electrons. The SMILES string of the molecule is Cc1c(C[SiH2]Cl)cc(Cl)c(Cl)c1C. The normalized spacial score (nSPS) is 11.5. The zero-order chi connectivity index (χ0) is 10.0. The molecule has 0 saturated carbocycles. The molecule has 0 N–H and O–H groups in total. The summed E-state index contributed by atoms with van der Waals surface area (Å²) >= 11 is 17.8. The van der Waals surface area contributed by atoms with Crippen molar-refractivity contribution in [2.24, 2.45) is 0 Å². The highest BCUT2D eigenvalue weighted by Crippen LogP contribution is 2.30. The van der Waals surface area contributed by atoms with Gasteiger partial charge in [-0.25, -0.2) is 0 Å². The molecule has 1 aromatic rings. The van der Waals surface area contributed by atoms with Crippen LogP contribution in [0.4, 0.5) is 0 Å². The summed E-state index contributed by atoms with van der Waals surface area (Å²) in [7, 11) is -0.479. The van der Waals surface area contributed by atoms with Gasteiger partial charge in [-0.15, -0.1) is 0 Å². The van der Waals surface area contributed by atoms with Crippen LogP contribution in [0.5, 0.6) is 0 Å². The fourth-order valence-electron chi connectivity index (χ4n) is 1.27. The minimum Gasteiger partial charge on any atom is -0.176 e. The van der Waals surface area contributed by atoms with Crippen LogP contribution >= 0.6 is 34.3 Å². The van der Waals surface area contributed by atoms with Crippen LogP contribution < -0.4 is 0 Å². The van der Waals surface area contributed by atoms with E-state index in [1.165, 1.54) is 11.1 Å². The lowest BCUT2D eigenvalue weighted by Crippen LogP contribution is -1.96. The van der Waals surface area contributed by atoms with E-state index in [9.17, 15) is 0 Å². The van der Waals surface area contributed by atoms with Crippen LogP contribution in [-0.4, -0.2) is 8.83 Å². The van der Waals surface area contributed by atoms with E-state index in [1.807, 2.05) is 13.0 Å². The van der Waals surface area contributed by atoms with E-state index in [-0.39, 0.29) is 0 Å². The molecule has 0 spiro atoms. The Morgan fingerprint density at radius 1 is 1.23 bits per heavy atom. The molecule has 0 aliphatic rings. The monoisotopic (exact) mass is 252 g/mol. The highest BCUT2D eigenvalue weighted by atomic mass is 35.6. The molecule has 1 rings (SSSR count). The molecular formula is C9H11Cl3Si. The van der Waals surface area contributed by atoms with Crippen molar-refractivity contribution in [3.63, 3.8) is 0 Å². The molecule has 0 aromatic heterocycles. The van der Waals surface area contributed by atoms with Gasteiger partial charge in [0.1, 0.15) is 8.83 Å². The van der Waals surface area contributed by atoms with Crippen molar-refractivity contribution >= 4 is 43.1 Å². The number of benzene rings is 1. The minimum absolute atomic E-state index is 0.479. The standard InChI is InChI=1S/C9H11Cl3Si/c1-5-6(2)9(11)8(10)3-7(5)4-13-12/h3H,4,13H2,1-2H3. The van der Waals surface area contributed by atoms with Crippen molar-refractivity contribution < 1.29 is 0 Å². The lowest BCUT2D eigenvalue weighted by molar-refractivity contribution is 1.24. The molecule has 0 heterocycles. The summed E-state index contributed by atoms with van der Waals surface area (Å²) in [6.07, 6.45) is 0. The molecule has 0 nitrogen and oxygen atoms in total. The summed E-state index contributed by atoms with van der Waals surface area (Å²) in [5.41, 5.74) is 3.54. The lowest BCUT2D eigenvalue weighted by Gasteiger charge is -2.10. The Bertz CT molecular complexity index is 323. The van der Waals surface area contributed by atoms with Crippen molar-refractivity contribution in [1.29, 1.82) is 0 Å². The molecular weight excluding hydrogens is 243 g/mol. The molecule has 0 fully saturated rings. The first-order valence-electron chi connectivity index (χ1n) is 4.08. The maximum Gasteiger partial charge on any atom is 0.129 e. The molecule has 0 bridgehead atoms. The largest absolute Gasteiger partial charge is 0.176 e. The number of rotatable bonds is 2. The number of halogens is 3. The first-order valence-corrected chi connectivity index (χ1v) is 7.97. The summed E-state index contributed by atoms with van der Waals surface area (Å²) in [5.74, 6) is 0. The van der Waals surface area contributed by atoms with Crippen LogP contribution in [0.25, 0.3) is 0 Å². The summed E-state index contributed by atoms with van der Waals surface area (Å²) in [5, 5.41) is 1.30. The van der Waals surface area contributed by atoms with Gasteiger partial charge in [0.15, 0.2) is 0 Å². The van der Waals surface area contributed by atoms with E-state index in [0.29, 0.717) is 10.0 Å². The van der Waals surface area contributed by atoms with Gasteiger partial charge in [0, 0.05) is 0 Å². The molecule has 1 aromatic carbocycles.